The summed E-state index contributed by atoms with van der Waals surface area (Å²) in [6.45, 7) is 5.21. The zero-order valence-corrected chi connectivity index (χ0v) is 15.0. The van der Waals surface area contributed by atoms with E-state index >= 15 is 0 Å². The van der Waals surface area contributed by atoms with E-state index in [1.165, 1.54) is 12.1 Å². The zero-order valence-electron chi connectivity index (χ0n) is 13.5. The number of imidazole rings is 1. The molecule has 0 bridgehead atoms. The molecule has 124 valence electrons. The van der Waals surface area contributed by atoms with E-state index < -0.39 is 0 Å². The smallest absolute Gasteiger partial charge is 0.137 e. The Bertz CT molecular complexity index is 822. The molecule has 0 aromatic carbocycles. The predicted octanol–water partition coefficient (Wildman–Crippen LogP) is 2.95. The van der Waals surface area contributed by atoms with Crippen LogP contribution in [0.4, 0.5) is 0 Å². The van der Waals surface area contributed by atoms with Gasteiger partial charge in [-0.3, -0.25) is 9.88 Å². The molecule has 1 aliphatic rings. The van der Waals surface area contributed by atoms with Gasteiger partial charge in [-0.2, -0.15) is 0 Å². The second-order valence-corrected chi connectivity index (χ2v) is 7.02. The number of nitrogens with one attached hydrogen (secondary N) is 1. The van der Waals surface area contributed by atoms with Gasteiger partial charge in [0.15, 0.2) is 0 Å². The molecule has 0 aliphatic carbocycles. The normalized spacial score (nSPS) is 16.4. The highest BCUT2D eigenvalue weighted by Gasteiger charge is 2.18. The van der Waals surface area contributed by atoms with Crippen molar-refractivity contribution in [3.8, 4) is 11.3 Å². The Hall–Kier alpha value is -1.76. The van der Waals surface area contributed by atoms with Crippen LogP contribution in [0, 0.1) is 0 Å². The average molecular weight is 386 g/mol. The van der Waals surface area contributed by atoms with E-state index in [4.69, 9.17) is 4.98 Å². The van der Waals surface area contributed by atoms with Crippen molar-refractivity contribution < 1.29 is 0 Å². The predicted molar refractivity (Wildman–Crippen MR) is 98.9 cm³/mol. The van der Waals surface area contributed by atoms with Gasteiger partial charge in [-0.1, -0.05) is 0 Å². The fourth-order valence-corrected chi connectivity index (χ4v) is 3.56. The molecule has 0 amide bonds. The summed E-state index contributed by atoms with van der Waals surface area (Å²) in [5, 5.41) is 3.47. The van der Waals surface area contributed by atoms with E-state index in [9.17, 15) is 0 Å². The van der Waals surface area contributed by atoms with E-state index in [-0.39, 0.29) is 0 Å². The maximum Gasteiger partial charge on any atom is 0.137 e. The van der Waals surface area contributed by atoms with E-state index in [2.05, 4.69) is 53.9 Å². The Morgan fingerprint density at radius 2 is 2.12 bits per heavy atom. The molecule has 1 N–H and O–H groups in total. The molecule has 0 radical (unpaired) electrons. The molecule has 0 atom stereocenters. The molecule has 1 saturated heterocycles. The minimum atomic E-state index is 0.892. The summed E-state index contributed by atoms with van der Waals surface area (Å²) in [6, 6.07) is 8.14. The van der Waals surface area contributed by atoms with Crippen LogP contribution in [0.3, 0.4) is 0 Å². The van der Waals surface area contributed by atoms with Crippen molar-refractivity contribution in [3.63, 3.8) is 0 Å². The van der Waals surface area contributed by atoms with Gasteiger partial charge in [0.25, 0.3) is 0 Å². The number of hydrogen-bond acceptors (Lipinski definition) is 4. The molecule has 0 unspecified atom stereocenters. The van der Waals surface area contributed by atoms with Gasteiger partial charge >= 0.3 is 0 Å². The van der Waals surface area contributed by atoms with Crippen LogP contribution in [0.15, 0.2) is 47.3 Å². The van der Waals surface area contributed by atoms with Crippen molar-refractivity contribution in [3.05, 3.63) is 53.0 Å². The molecule has 1 fully saturated rings. The lowest BCUT2D eigenvalue weighted by molar-refractivity contribution is 0.281. The molecular formula is C18H20BrN5. The Balaban J connectivity index is 1.79. The fourth-order valence-electron chi connectivity index (χ4n) is 3.22. The Morgan fingerprint density at radius 3 is 3.00 bits per heavy atom. The van der Waals surface area contributed by atoms with Crippen molar-refractivity contribution in [2.24, 2.45) is 0 Å². The number of hydrogen-bond donors (Lipinski definition) is 1. The zero-order chi connectivity index (χ0) is 16.4. The van der Waals surface area contributed by atoms with Gasteiger partial charge in [-0.05, 0) is 59.7 Å². The summed E-state index contributed by atoms with van der Waals surface area (Å²) in [5.74, 6) is 0. The minimum Gasteiger partial charge on any atom is -0.315 e. The van der Waals surface area contributed by atoms with E-state index in [1.807, 2.05) is 18.3 Å². The highest BCUT2D eigenvalue weighted by atomic mass is 79.9. The van der Waals surface area contributed by atoms with Crippen LogP contribution < -0.4 is 5.32 Å². The average Bonchev–Trinajstić information content (AvgIpc) is 2.78. The van der Waals surface area contributed by atoms with Crippen LogP contribution in [-0.4, -0.2) is 45.4 Å². The Kier molecular flexibility index (Phi) is 4.60. The number of pyridine rings is 2. The standard InChI is InChI=1S/C18H20BrN5/c19-15-4-5-17-22-18(14-3-1-6-21-11-14)16(24(17)12-15)13-23-9-2-7-20-8-10-23/h1,3-6,11-12,20H,2,7-10,13H2. The largest absolute Gasteiger partial charge is 0.315 e. The van der Waals surface area contributed by atoms with Crippen LogP contribution >= 0.6 is 15.9 Å². The molecule has 3 aromatic rings. The van der Waals surface area contributed by atoms with Gasteiger partial charge in [0.1, 0.15) is 5.65 Å². The summed E-state index contributed by atoms with van der Waals surface area (Å²) >= 11 is 3.59. The van der Waals surface area contributed by atoms with Gasteiger partial charge in [-0.15, -0.1) is 0 Å². The quantitative estimate of drug-likeness (QED) is 0.752. The molecular weight excluding hydrogens is 366 g/mol. The minimum absolute atomic E-state index is 0.892. The van der Waals surface area contributed by atoms with Crippen molar-refractivity contribution in [1.29, 1.82) is 0 Å². The number of nitrogens with zero attached hydrogens (tertiary/aromatic N) is 4. The molecule has 5 nitrogen and oxygen atoms in total. The first kappa shape index (κ1) is 15.7. The van der Waals surface area contributed by atoms with Gasteiger partial charge in [0.05, 0.1) is 11.4 Å². The summed E-state index contributed by atoms with van der Waals surface area (Å²) in [6.07, 6.45) is 6.98. The van der Waals surface area contributed by atoms with Crippen molar-refractivity contribution in [2.45, 2.75) is 13.0 Å². The summed E-state index contributed by atoms with van der Waals surface area (Å²) in [4.78, 5) is 11.6. The van der Waals surface area contributed by atoms with Crippen molar-refractivity contribution in [2.75, 3.05) is 26.2 Å². The Morgan fingerprint density at radius 1 is 1.17 bits per heavy atom. The lowest BCUT2D eigenvalue weighted by Crippen LogP contribution is -2.28. The maximum atomic E-state index is 4.87. The van der Waals surface area contributed by atoms with E-state index in [0.29, 0.717) is 0 Å². The van der Waals surface area contributed by atoms with Crippen LogP contribution in [-0.2, 0) is 6.54 Å². The second kappa shape index (κ2) is 7.01. The highest BCUT2D eigenvalue weighted by Crippen LogP contribution is 2.26. The molecule has 1 aliphatic heterocycles. The first-order chi connectivity index (χ1) is 11.8. The van der Waals surface area contributed by atoms with Crippen LogP contribution in [0.2, 0.25) is 0 Å². The van der Waals surface area contributed by atoms with Crippen LogP contribution in [0.1, 0.15) is 12.1 Å². The first-order valence-corrected chi connectivity index (χ1v) is 9.10. The third-order valence-corrected chi connectivity index (χ3v) is 4.89. The highest BCUT2D eigenvalue weighted by molar-refractivity contribution is 9.10. The molecule has 4 heterocycles. The van der Waals surface area contributed by atoms with Crippen molar-refractivity contribution >= 4 is 21.6 Å². The molecule has 0 spiro atoms. The molecule has 24 heavy (non-hydrogen) atoms. The fraction of sp³-hybridized carbons (Fsp3) is 0.333. The monoisotopic (exact) mass is 385 g/mol. The summed E-state index contributed by atoms with van der Waals surface area (Å²) in [7, 11) is 0. The van der Waals surface area contributed by atoms with Crippen molar-refractivity contribution in [1.82, 2.24) is 24.6 Å². The summed E-state index contributed by atoms with van der Waals surface area (Å²) < 4.78 is 3.26. The lowest BCUT2D eigenvalue weighted by Gasteiger charge is -2.20. The number of aromatic nitrogens is 3. The SMILES string of the molecule is Brc1ccc2nc(-c3cccnc3)c(CN3CCCNCC3)n2c1. The molecule has 3 aromatic heterocycles. The topological polar surface area (TPSA) is 45.5 Å². The van der Waals surface area contributed by atoms with Gasteiger partial charge in [0.2, 0.25) is 0 Å². The Labute approximate surface area is 149 Å². The van der Waals surface area contributed by atoms with Gasteiger partial charge in [-0.25, -0.2) is 4.98 Å². The van der Waals surface area contributed by atoms with Gasteiger partial charge in [0, 0.05) is 48.3 Å². The first-order valence-electron chi connectivity index (χ1n) is 8.31. The lowest BCUT2D eigenvalue weighted by atomic mass is 10.1. The van der Waals surface area contributed by atoms with Gasteiger partial charge < -0.3 is 9.72 Å². The summed E-state index contributed by atoms with van der Waals surface area (Å²) in [5.41, 5.74) is 4.29. The maximum absolute atomic E-state index is 4.87. The number of halogens is 1. The number of fused-ring (bicyclic) bond motifs is 1. The molecule has 6 heteroatoms. The van der Waals surface area contributed by atoms with Crippen LogP contribution in [0.5, 0.6) is 0 Å². The third-order valence-electron chi connectivity index (χ3n) is 4.42. The second-order valence-electron chi connectivity index (χ2n) is 6.10. The number of rotatable bonds is 3. The third kappa shape index (κ3) is 3.22. The van der Waals surface area contributed by atoms with E-state index in [0.717, 1.165) is 54.1 Å². The van der Waals surface area contributed by atoms with Crippen LogP contribution in [0.25, 0.3) is 16.9 Å². The molecule has 0 saturated carbocycles. The molecule has 4 rings (SSSR count). The van der Waals surface area contributed by atoms with E-state index in [1.54, 1.807) is 6.20 Å².